The number of ether oxygens (including phenoxy) is 1. The fourth-order valence-electron chi connectivity index (χ4n) is 3.47. The molecule has 3 aromatic rings. The number of H-pyrrole nitrogens is 1. The summed E-state index contributed by atoms with van der Waals surface area (Å²) in [5.74, 6) is 0.865. The van der Waals surface area contributed by atoms with Crippen LogP contribution in [0.2, 0.25) is 0 Å². The highest BCUT2D eigenvalue weighted by Gasteiger charge is 2.33. The molecule has 160 valence electrons. The summed E-state index contributed by atoms with van der Waals surface area (Å²) in [6.07, 6.45) is 4.25. The van der Waals surface area contributed by atoms with E-state index in [1.807, 2.05) is 43.3 Å². The maximum atomic E-state index is 13.1. The average molecular weight is 420 g/mol. The molecular formula is C22H24N6O3. The van der Waals surface area contributed by atoms with Gasteiger partial charge in [-0.15, -0.1) is 5.12 Å². The zero-order valence-corrected chi connectivity index (χ0v) is 17.5. The molecule has 1 aliphatic heterocycles. The van der Waals surface area contributed by atoms with E-state index in [2.05, 4.69) is 15.4 Å². The molecule has 0 saturated carbocycles. The van der Waals surface area contributed by atoms with E-state index in [4.69, 9.17) is 9.72 Å². The van der Waals surface area contributed by atoms with Gasteiger partial charge in [-0.05, 0) is 36.2 Å². The molecule has 0 bridgehead atoms. The largest absolute Gasteiger partial charge is 0.493 e. The Bertz CT molecular complexity index is 1130. The molecular weight excluding hydrogens is 396 g/mol. The Hall–Kier alpha value is -3.72. The number of carbonyl (C=O) groups excluding carboxylic acids is 1. The summed E-state index contributed by atoms with van der Waals surface area (Å²) in [4.78, 5) is 36.5. The number of anilines is 1. The molecule has 31 heavy (non-hydrogen) atoms. The number of rotatable bonds is 7. The number of carbonyl (C=O) groups is 1. The van der Waals surface area contributed by atoms with Crippen LogP contribution in [0.1, 0.15) is 31.5 Å². The Morgan fingerprint density at radius 2 is 2.00 bits per heavy atom. The molecule has 3 heterocycles. The number of nitrogens with zero attached hydrogens (tertiary/aromatic N) is 4. The van der Waals surface area contributed by atoms with Gasteiger partial charge in [0, 0.05) is 19.3 Å². The van der Waals surface area contributed by atoms with Gasteiger partial charge < -0.3 is 9.72 Å². The first-order chi connectivity index (χ1) is 15.1. The standard InChI is InChI=1S/C22H24N6O3/c1-3-12-31-19-7-5-4-6-17(19)21-24-18-14-28(26-15(2)29)27(20(18)22(30)25-21)13-16-8-10-23-11-9-16/h4-11H,3,12-14H2,1-2H3,(H,26,29)(H,24,25,30). The third kappa shape index (κ3) is 4.41. The molecule has 4 rings (SSSR count). The molecule has 1 aliphatic rings. The van der Waals surface area contributed by atoms with Gasteiger partial charge in [0.15, 0.2) is 0 Å². The SMILES string of the molecule is CCCOc1ccccc1-c1nc2c(c(=O)[nH]1)N(Cc1ccncc1)N(NC(C)=O)C2. The van der Waals surface area contributed by atoms with E-state index in [1.165, 1.54) is 6.92 Å². The molecule has 0 unspecified atom stereocenters. The Labute approximate surface area is 179 Å². The van der Waals surface area contributed by atoms with Crippen LogP contribution in [-0.2, 0) is 17.9 Å². The van der Waals surface area contributed by atoms with Crippen molar-refractivity contribution < 1.29 is 9.53 Å². The van der Waals surface area contributed by atoms with E-state index in [-0.39, 0.29) is 18.0 Å². The lowest BCUT2D eigenvalue weighted by Crippen LogP contribution is -2.49. The lowest BCUT2D eigenvalue weighted by atomic mass is 10.1. The number of para-hydroxylation sites is 1. The van der Waals surface area contributed by atoms with Crippen LogP contribution < -0.4 is 20.7 Å². The van der Waals surface area contributed by atoms with Gasteiger partial charge in [0.05, 0.1) is 31.0 Å². The third-order valence-electron chi connectivity index (χ3n) is 4.79. The van der Waals surface area contributed by atoms with E-state index in [0.717, 1.165) is 17.5 Å². The van der Waals surface area contributed by atoms with Crippen molar-refractivity contribution in [3.05, 3.63) is 70.4 Å². The Morgan fingerprint density at radius 3 is 2.74 bits per heavy atom. The first kappa shape index (κ1) is 20.5. The molecule has 9 heteroatoms. The molecule has 0 atom stereocenters. The fourth-order valence-corrected chi connectivity index (χ4v) is 3.47. The van der Waals surface area contributed by atoms with Crippen molar-refractivity contribution in [2.45, 2.75) is 33.4 Å². The van der Waals surface area contributed by atoms with Gasteiger partial charge in [0.2, 0.25) is 5.91 Å². The molecule has 1 aromatic carbocycles. The number of hydrogen-bond donors (Lipinski definition) is 2. The summed E-state index contributed by atoms with van der Waals surface area (Å²) in [5, 5.41) is 3.33. The van der Waals surface area contributed by atoms with Crippen molar-refractivity contribution in [1.29, 1.82) is 0 Å². The lowest BCUT2D eigenvalue weighted by molar-refractivity contribution is -0.124. The number of fused-ring (bicyclic) bond motifs is 1. The first-order valence-corrected chi connectivity index (χ1v) is 10.1. The third-order valence-corrected chi connectivity index (χ3v) is 4.79. The number of nitrogens with one attached hydrogen (secondary N) is 2. The molecule has 9 nitrogen and oxygen atoms in total. The van der Waals surface area contributed by atoms with Gasteiger partial charge in [0.25, 0.3) is 5.56 Å². The number of aromatic nitrogens is 3. The van der Waals surface area contributed by atoms with Crippen LogP contribution >= 0.6 is 0 Å². The quantitative estimate of drug-likeness (QED) is 0.605. The number of aromatic amines is 1. The summed E-state index contributed by atoms with van der Waals surface area (Å²) >= 11 is 0. The minimum absolute atomic E-state index is 0.234. The second-order valence-electron chi connectivity index (χ2n) is 7.19. The Balaban J connectivity index is 1.74. The molecule has 2 aromatic heterocycles. The normalized spacial score (nSPS) is 13.2. The number of pyridine rings is 1. The van der Waals surface area contributed by atoms with E-state index >= 15 is 0 Å². The molecule has 1 amide bonds. The molecule has 0 saturated heterocycles. The van der Waals surface area contributed by atoms with Crippen molar-refractivity contribution in [3.63, 3.8) is 0 Å². The van der Waals surface area contributed by atoms with Gasteiger partial charge in [0.1, 0.15) is 17.3 Å². The van der Waals surface area contributed by atoms with Gasteiger partial charge in [-0.1, -0.05) is 19.1 Å². The lowest BCUT2D eigenvalue weighted by Gasteiger charge is -2.29. The van der Waals surface area contributed by atoms with Gasteiger partial charge in [-0.25, -0.2) is 4.98 Å². The number of amides is 1. The highest BCUT2D eigenvalue weighted by atomic mass is 16.5. The Kier molecular flexibility index (Phi) is 5.94. The van der Waals surface area contributed by atoms with Crippen molar-refractivity contribution in [2.24, 2.45) is 0 Å². The highest BCUT2D eigenvalue weighted by molar-refractivity contribution is 5.73. The second-order valence-corrected chi connectivity index (χ2v) is 7.19. The highest BCUT2D eigenvalue weighted by Crippen LogP contribution is 2.31. The summed E-state index contributed by atoms with van der Waals surface area (Å²) in [7, 11) is 0. The van der Waals surface area contributed by atoms with E-state index < -0.39 is 0 Å². The average Bonchev–Trinajstić information content (AvgIpc) is 3.09. The minimum atomic E-state index is -0.285. The molecule has 0 spiro atoms. The zero-order valence-electron chi connectivity index (χ0n) is 17.5. The van der Waals surface area contributed by atoms with Crippen LogP contribution in [0.4, 0.5) is 5.69 Å². The van der Waals surface area contributed by atoms with Crippen molar-refractivity contribution in [2.75, 3.05) is 11.6 Å². The second kappa shape index (κ2) is 8.97. The van der Waals surface area contributed by atoms with Crippen LogP contribution in [0, 0.1) is 0 Å². The van der Waals surface area contributed by atoms with Gasteiger partial charge in [-0.3, -0.25) is 25.0 Å². The van der Waals surface area contributed by atoms with Crippen LogP contribution in [0.25, 0.3) is 11.4 Å². The molecule has 0 fully saturated rings. The summed E-state index contributed by atoms with van der Waals surface area (Å²) in [6.45, 7) is 4.69. The van der Waals surface area contributed by atoms with Crippen molar-refractivity contribution in [3.8, 4) is 17.1 Å². The monoisotopic (exact) mass is 420 g/mol. The van der Waals surface area contributed by atoms with Gasteiger partial charge in [-0.2, -0.15) is 0 Å². The maximum absolute atomic E-state index is 13.1. The van der Waals surface area contributed by atoms with E-state index in [1.54, 1.807) is 22.5 Å². The smallest absolute Gasteiger partial charge is 0.276 e. The van der Waals surface area contributed by atoms with Crippen molar-refractivity contribution in [1.82, 2.24) is 25.5 Å². The zero-order chi connectivity index (χ0) is 21.8. The summed E-state index contributed by atoms with van der Waals surface area (Å²) in [5.41, 5.74) is 5.13. The van der Waals surface area contributed by atoms with Gasteiger partial charge >= 0.3 is 0 Å². The van der Waals surface area contributed by atoms with Crippen molar-refractivity contribution >= 4 is 11.6 Å². The topological polar surface area (TPSA) is 103 Å². The number of benzene rings is 1. The number of hydrazine groups is 2. The summed E-state index contributed by atoms with van der Waals surface area (Å²) < 4.78 is 5.83. The predicted octanol–water partition coefficient (Wildman–Crippen LogP) is 2.41. The van der Waals surface area contributed by atoms with Crippen LogP contribution in [0.5, 0.6) is 5.75 Å². The maximum Gasteiger partial charge on any atom is 0.276 e. The first-order valence-electron chi connectivity index (χ1n) is 10.1. The van der Waals surface area contributed by atoms with E-state index in [9.17, 15) is 9.59 Å². The summed E-state index contributed by atoms with van der Waals surface area (Å²) in [6, 6.07) is 11.2. The van der Waals surface area contributed by atoms with Crippen LogP contribution in [0.3, 0.4) is 0 Å². The fraction of sp³-hybridized carbons (Fsp3) is 0.273. The molecule has 2 N–H and O–H groups in total. The Morgan fingerprint density at radius 1 is 1.23 bits per heavy atom. The molecule has 0 aliphatic carbocycles. The van der Waals surface area contributed by atoms with E-state index in [0.29, 0.717) is 36.1 Å². The van der Waals surface area contributed by atoms with Crippen LogP contribution in [-0.4, -0.2) is 32.6 Å². The number of hydrogen-bond acceptors (Lipinski definition) is 7. The minimum Gasteiger partial charge on any atom is -0.493 e. The molecule has 0 radical (unpaired) electrons. The predicted molar refractivity (Wildman–Crippen MR) is 116 cm³/mol. The van der Waals surface area contributed by atoms with Crippen LogP contribution in [0.15, 0.2) is 53.6 Å².